The van der Waals surface area contributed by atoms with Crippen LogP contribution < -0.4 is 5.56 Å². The first-order chi connectivity index (χ1) is 14.9. The molecule has 31 heavy (non-hydrogen) atoms. The number of hydrogen-bond acceptors (Lipinski definition) is 7. The lowest BCUT2D eigenvalue weighted by molar-refractivity contribution is -0.138. The number of aromatic nitrogens is 2. The van der Waals surface area contributed by atoms with Gasteiger partial charge in [-0.05, 0) is 31.5 Å². The lowest BCUT2D eigenvalue weighted by atomic mass is 10.1. The smallest absolute Gasteiger partial charge is 0.343 e. The molecule has 0 aliphatic rings. The summed E-state index contributed by atoms with van der Waals surface area (Å²) in [4.78, 5) is 29.9. The van der Waals surface area contributed by atoms with Gasteiger partial charge in [-0.25, -0.2) is 9.78 Å². The summed E-state index contributed by atoms with van der Waals surface area (Å²) < 4.78 is 6.49. The Bertz CT molecular complexity index is 1200. The van der Waals surface area contributed by atoms with Crippen LogP contribution in [0, 0.1) is 5.41 Å². The number of fused-ring (bicyclic) bond motifs is 1. The van der Waals surface area contributed by atoms with Crippen LogP contribution >= 0.6 is 11.8 Å². The van der Waals surface area contributed by atoms with Crippen molar-refractivity contribution in [2.45, 2.75) is 25.5 Å². The van der Waals surface area contributed by atoms with Gasteiger partial charge < -0.3 is 15.3 Å². The lowest BCUT2D eigenvalue weighted by Gasteiger charge is -2.14. The number of ether oxygens (including phenoxy) is 1. The maximum Gasteiger partial charge on any atom is 0.343 e. The van der Waals surface area contributed by atoms with E-state index in [-0.39, 0.29) is 35.0 Å². The van der Waals surface area contributed by atoms with Crippen molar-refractivity contribution >= 4 is 34.3 Å². The normalized spacial score (nSPS) is 11.8. The highest BCUT2D eigenvalue weighted by atomic mass is 32.2. The molecule has 0 aliphatic heterocycles. The van der Waals surface area contributed by atoms with Crippen molar-refractivity contribution in [3.05, 3.63) is 81.8 Å². The van der Waals surface area contributed by atoms with Gasteiger partial charge in [-0.1, -0.05) is 54.2 Å². The Balaban J connectivity index is 2.01. The molecule has 1 aromatic heterocycles. The SMILES string of the molecule is CCOC(=O)/C(C(C)=N)=C(/O)CSc1nc2ccccc2c(=O)n1Cc1ccccc1. The predicted octanol–water partition coefficient (Wildman–Crippen LogP) is 3.95. The summed E-state index contributed by atoms with van der Waals surface area (Å²) in [6.07, 6.45) is 0. The van der Waals surface area contributed by atoms with Crippen LogP contribution in [0.3, 0.4) is 0 Å². The largest absolute Gasteiger partial charge is 0.510 e. The number of thioether (sulfide) groups is 1. The fourth-order valence-electron chi connectivity index (χ4n) is 3.06. The maximum absolute atomic E-state index is 13.2. The first-order valence-corrected chi connectivity index (χ1v) is 10.7. The molecule has 0 atom stereocenters. The van der Waals surface area contributed by atoms with Crippen LogP contribution in [-0.4, -0.2) is 38.7 Å². The van der Waals surface area contributed by atoms with Gasteiger partial charge in [0.05, 0.1) is 29.8 Å². The Morgan fingerprint density at radius 2 is 1.84 bits per heavy atom. The van der Waals surface area contributed by atoms with Gasteiger partial charge in [0.25, 0.3) is 5.56 Å². The molecule has 0 unspecified atom stereocenters. The number of aliphatic hydroxyl groups is 1. The molecule has 2 N–H and O–H groups in total. The average molecular weight is 438 g/mol. The highest BCUT2D eigenvalue weighted by Gasteiger charge is 2.20. The summed E-state index contributed by atoms with van der Waals surface area (Å²) in [7, 11) is 0. The second kappa shape index (κ2) is 10.1. The quantitative estimate of drug-likeness (QED) is 0.138. The number of benzene rings is 2. The molecule has 1 heterocycles. The number of nitrogens with zero attached hydrogens (tertiary/aromatic N) is 2. The summed E-state index contributed by atoms with van der Waals surface area (Å²) in [5, 5.41) is 19.2. The van der Waals surface area contributed by atoms with E-state index in [1.54, 1.807) is 35.8 Å². The number of hydrogen-bond donors (Lipinski definition) is 2. The number of esters is 1. The summed E-state index contributed by atoms with van der Waals surface area (Å²) in [5.41, 5.74) is 1.04. The van der Waals surface area contributed by atoms with E-state index in [1.807, 2.05) is 30.3 Å². The van der Waals surface area contributed by atoms with Crippen LogP contribution in [0.5, 0.6) is 0 Å². The molecule has 0 fully saturated rings. The molecule has 0 aliphatic carbocycles. The van der Waals surface area contributed by atoms with Crippen LogP contribution in [-0.2, 0) is 16.1 Å². The Morgan fingerprint density at radius 3 is 2.52 bits per heavy atom. The Morgan fingerprint density at radius 1 is 1.16 bits per heavy atom. The number of para-hydroxylation sites is 1. The average Bonchev–Trinajstić information content (AvgIpc) is 2.75. The number of aliphatic hydroxyl groups excluding tert-OH is 1. The van der Waals surface area contributed by atoms with Crippen molar-refractivity contribution in [1.29, 1.82) is 5.41 Å². The zero-order valence-electron chi connectivity index (χ0n) is 17.3. The van der Waals surface area contributed by atoms with Crippen LogP contribution in [0.15, 0.2) is 75.9 Å². The Kier molecular flexibility index (Phi) is 7.25. The van der Waals surface area contributed by atoms with Crippen molar-refractivity contribution in [1.82, 2.24) is 9.55 Å². The van der Waals surface area contributed by atoms with Gasteiger partial charge in [0.15, 0.2) is 5.16 Å². The minimum Gasteiger partial charge on any atom is -0.510 e. The molecule has 7 nitrogen and oxygen atoms in total. The summed E-state index contributed by atoms with van der Waals surface area (Å²) in [5.74, 6) is -1.07. The number of carbonyl (C=O) groups is 1. The third-order valence-electron chi connectivity index (χ3n) is 4.49. The van der Waals surface area contributed by atoms with Crippen molar-refractivity contribution < 1.29 is 14.6 Å². The fourth-order valence-corrected chi connectivity index (χ4v) is 3.94. The Hall–Kier alpha value is -3.39. The fraction of sp³-hybridized carbons (Fsp3) is 0.217. The number of rotatable bonds is 8. The highest BCUT2D eigenvalue weighted by Crippen LogP contribution is 2.22. The lowest BCUT2D eigenvalue weighted by Crippen LogP contribution is -2.24. The molecule has 3 rings (SSSR count). The first kappa shape index (κ1) is 22.3. The standard InChI is InChI=1S/C23H23N3O4S/c1-3-30-22(29)20(15(2)24)19(27)14-31-23-25-18-12-8-7-11-17(18)21(28)26(23)13-16-9-5-4-6-10-16/h4-12,24,27H,3,13-14H2,1-2H3/b20-19+,24-15?. The summed E-state index contributed by atoms with van der Waals surface area (Å²) in [6, 6.07) is 16.6. The minimum absolute atomic E-state index is 0.0378. The zero-order chi connectivity index (χ0) is 22.4. The minimum atomic E-state index is -0.749. The highest BCUT2D eigenvalue weighted by molar-refractivity contribution is 7.99. The van der Waals surface area contributed by atoms with Gasteiger partial charge in [-0.2, -0.15) is 0 Å². The van der Waals surface area contributed by atoms with E-state index < -0.39 is 5.97 Å². The van der Waals surface area contributed by atoms with Gasteiger partial charge >= 0.3 is 5.97 Å². The van der Waals surface area contributed by atoms with E-state index in [0.717, 1.165) is 17.3 Å². The van der Waals surface area contributed by atoms with E-state index >= 15 is 0 Å². The maximum atomic E-state index is 13.2. The molecule has 0 spiro atoms. The molecule has 0 bridgehead atoms. The third-order valence-corrected chi connectivity index (χ3v) is 5.48. The zero-order valence-corrected chi connectivity index (χ0v) is 18.1. The van der Waals surface area contributed by atoms with Gasteiger partial charge in [0.1, 0.15) is 11.3 Å². The molecule has 0 radical (unpaired) electrons. The molecule has 2 aromatic carbocycles. The van der Waals surface area contributed by atoms with Gasteiger partial charge in [-0.3, -0.25) is 9.36 Å². The van der Waals surface area contributed by atoms with Gasteiger partial charge in [0.2, 0.25) is 0 Å². The Labute approximate surface area is 183 Å². The first-order valence-electron chi connectivity index (χ1n) is 9.73. The molecule has 8 heteroatoms. The number of nitrogens with one attached hydrogen (secondary N) is 1. The van der Waals surface area contributed by atoms with Gasteiger partial charge in [0, 0.05) is 5.71 Å². The van der Waals surface area contributed by atoms with Crippen molar-refractivity contribution in [3.8, 4) is 0 Å². The molecule has 0 saturated heterocycles. The molecule has 0 saturated carbocycles. The van der Waals surface area contributed by atoms with E-state index in [4.69, 9.17) is 10.1 Å². The summed E-state index contributed by atoms with van der Waals surface area (Å²) >= 11 is 1.12. The molecular formula is C23H23N3O4S. The van der Waals surface area contributed by atoms with E-state index in [9.17, 15) is 14.7 Å². The second-order valence-corrected chi connectivity index (χ2v) is 7.69. The van der Waals surface area contributed by atoms with Crippen LogP contribution in [0.2, 0.25) is 0 Å². The van der Waals surface area contributed by atoms with E-state index in [1.165, 1.54) is 6.92 Å². The number of carbonyl (C=O) groups excluding carboxylic acids is 1. The van der Waals surface area contributed by atoms with Crippen molar-refractivity contribution in [2.24, 2.45) is 0 Å². The third kappa shape index (κ3) is 5.21. The van der Waals surface area contributed by atoms with E-state index in [0.29, 0.717) is 22.6 Å². The topological polar surface area (TPSA) is 105 Å². The van der Waals surface area contributed by atoms with Gasteiger partial charge in [-0.15, -0.1) is 0 Å². The molecule has 160 valence electrons. The summed E-state index contributed by atoms with van der Waals surface area (Å²) in [6.45, 7) is 3.52. The van der Waals surface area contributed by atoms with Crippen molar-refractivity contribution in [3.63, 3.8) is 0 Å². The molecule has 0 amide bonds. The van der Waals surface area contributed by atoms with Crippen molar-refractivity contribution in [2.75, 3.05) is 12.4 Å². The van der Waals surface area contributed by atoms with Crippen LogP contribution in [0.1, 0.15) is 19.4 Å². The van der Waals surface area contributed by atoms with Crippen LogP contribution in [0.25, 0.3) is 10.9 Å². The second-order valence-electron chi connectivity index (χ2n) is 6.74. The van der Waals surface area contributed by atoms with Crippen LogP contribution in [0.4, 0.5) is 0 Å². The monoisotopic (exact) mass is 437 g/mol. The molecular weight excluding hydrogens is 414 g/mol. The van der Waals surface area contributed by atoms with E-state index in [2.05, 4.69) is 4.98 Å². The molecule has 3 aromatic rings. The predicted molar refractivity (Wildman–Crippen MR) is 122 cm³/mol.